The molecule has 1 heterocycles. The predicted octanol–water partition coefficient (Wildman–Crippen LogP) is 4.92. The predicted molar refractivity (Wildman–Crippen MR) is 118 cm³/mol. The Morgan fingerprint density at radius 1 is 0.862 bits per heavy atom. The van der Waals surface area contributed by atoms with Gasteiger partial charge >= 0.3 is 0 Å². The molecule has 4 aromatic rings. The molecule has 29 heavy (non-hydrogen) atoms. The zero-order valence-electron chi connectivity index (χ0n) is 16.5. The smallest absolute Gasteiger partial charge is 0.257 e. The number of rotatable bonds is 4. The van der Waals surface area contributed by atoms with Gasteiger partial charge in [0.15, 0.2) is 0 Å². The van der Waals surface area contributed by atoms with Gasteiger partial charge in [0, 0.05) is 18.0 Å². The lowest BCUT2D eigenvalue weighted by Gasteiger charge is -2.13. The number of fused-ring (bicyclic) bond motifs is 1. The first-order valence-corrected chi connectivity index (χ1v) is 9.57. The fraction of sp³-hybridized carbons (Fsp3) is 0.120. The lowest BCUT2D eigenvalue weighted by Crippen LogP contribution is -2.23. The Balaban J connectivity index is 1.66. The third kappa shape index (κ3) is 3.83. The maximum absolute atomic E-state index is 12.8. The quantitative estimate of drug-likeness (QED) is 0.545. The minimum absolute atomic E-state index is 0.137. The number of amides is 1. The van der Waals surface area contributed by atoms with Crippen LogP contribution in [0, 0.1) is 13.8 Å². The number of anilines is 1. The molecule has 0 aliphatic carbocycles. The molecule has 0 unspecified atom stereocenters. The fourth-order valence-electron chi connectivity index (χ4n) is 3.60. The number of aryl methyl sites for hydroxylation is 2. The summed E-state index contributed by atoms with van der Waals surface area (Å²) in [5.74, 6) is -0.228. The standard InChI is InChI=1S/C25H22N2O2/c1-17-7-5-8-18(2)24(17)26-25(29)21-13-14-23(28)27(16-21)15-20-11-6-10-19-9-3-4-12-22(19)20/h3-14,16H,15H2,1-2H3,(H,26,29). The Morgan fingerprint density at radius 3 is 2.34 bits per heavy atom. The van der Waals surface area contributed by atoms with Crippen LogP contribution in [0.2, 0.25) is 0 Å². The normalized spacial score (nSPS) is 10.8. The number of nitrogens with zero attached hydrogens (tertiary/aromatic N) is 1. The van der Waals surface area contributed by atoms with Crippen molar-refractivity contribution in [2.24, 2.45) is 0 Å². The van der Waals surface area contributed by atoms with E-state index in [0.29, 0.717) is 12.1 Å². The van der Waals surface area contributed by atoms with E-state index in [1.165, 1.54) is 6.07 Å². The van der Waals surface area contributed by atoms with E-state index in [2.05, 4.69) is 17.4 Å². The van der Waals surface area contributed by atoms with Crippen LogP contribution in [0.1, 0.15) is 27.0 Å². The molecule has 0 saturated heterocycles. The summed E-state index contributed by atoms with van der Waals surface area (Å²) in [6.45, 7) is 4.33. The maximum Gasteiger partial charge on any atom is 0.257 e. The molecule has 0 radical (unpaired) electrons. The molecule has 3 aromatic carbocycles. The van der Waals surface area contributed by atoms with Crippen molar-refractivity contribution in [2.75, 3.05) is 5.32 Å². The van der Waals surface area contributed by atoms with Crippen LogP contribution in [0.3, 0.4) is 0 Å². The maximum atomic E-state index is 12.8. The molecule has 0 spiro atoms. The van der Waals surface area contributed by atoms with Gasteiger partial charge in [0.05, 0.1) is 12.1 Å². The van der Waals surface area contributed by atoms with Gasteiger partial charge in [-0.15, -0.1) is 0 Å². The minimum atomic E-state index is -0.228. The van der Waals surface area contributed by atoms with E-state index in [9.17, 15) is 9.59 Å². The number of hydrogen-bond donors (Lipinski definition) is 1. The van der Waals surface area contributed by atoms with Crippen LogP contribution in [0.15, 0.2) is 83.8 Å². The van der Waals surface area contributed by atoms with Crippen LogP contribution in [-0.4, -0.2) is 10.5 Å². The summed E-state index contributed by atoms with van der Waals surface area (Å²) >= 11 is 0. The van der Waals surface area contributed by atoms with Crippen molar-refractivity contribution in [2.45, 2.75) is 20.4 Å². The third-order valence-electron chi connectivity index (χ3n) is 5.19. The molecule has 1 N–H and O–H groups in total. The molecule has 0 aliphatic rings. The third-order valence-corrected chi connectivity index (χ3v) is 5.19. The number of benzene rings is 3. The summed E-state index contributed by atoms with van der Waals surface area (Å²) in [7, 11) is 0. The van der Waals surface area contributed by atoms with Gasteiger partial charge in [-0.2, -0.15) is 0 Å². The molecular weight excluding hydrogens is 360 g/mol. The van der Waals surface area contributed by atoms with Crippen molar-refractivity contribution in [3.63, 3.8) is 0 Å². The van der Waals surface area contributed by atoms with E-state index in [1.54, 1.807) is 16.8 Å². The molecular formula is C25H22N2O2. The van der Waals surface area contributed by atoms with Gasteiger partial charge in [-0.3, -0.25) is 9.59 Å². The lowest BCUT2D eigenvalue weighted by molar-refractivity contribution is 0.102. The summed E-state index contributed by atoms with van der Waals surface area (Å²) in [5, 5.41) is 5.21. The van der Waals surface area contributed by atoms with Gasteiger partial charge < -0.3 is 9.88 Å². The monoisotopic (exact) mass is 382 g/mol. The van der Waals surface area contributed by atoms with Crippen molar-refractivity contribution in [1.82, 2.24) is 4.57 Å². The van der Waals surface area contributed by atoms with Gasteiger partial charge in [-0.05, 0) is 47.4 Å². The summed E-state index contributed by atoms with van der Waals surface area (Å²) in [4.78, 5) is 25.3. The molecule has 0 saturated carbocycles. The number of hydrogen-bond acceptors (Lipinski definition) is 2. The molecule has 4 nitrogen and oxygen atoms in total. The van der Waals surface area contributed by atoms with Crippen molar-refractivity contribution in [3.05, 3.63) is 112 Å². The Hall–Kier alpha value is -3.66. The molecule has 4 heteroatoms. The number of aromatic nitrogens is 1. The molecule has 0 bridgehead atoms. The summed E-state index contributed by atoms with van der Waals surface area (Å²) < 4.78 is 1.58. The Morgan fingerprint density at radius 2 is 1.55 bits per heavy atom. The Bertz CT molecular complexity index is 1250. The second-order valence-corrected chi connectivity index (χ2v) is 7.24. The average Bonchev–Trinajstić information content (AvgIpc) is 2.72. The van der Waals surface area contributed by atoms with Crippen molar-refractivity contribution in [3.8, 4) is 0 Å². The number of pyridine rings is 1. The van der Waals surface area contributed by atoms with E-state index in [0.717, 1.165) is 33.2 Å². The molecule has 0 aliphatic heterocycles. The van der Waals surface area contributed by atoms with Gasteiger partial charge in [0.25, 0.3) is 11.5 Å². The fourth-order valence-corrected chi connectivity index (χ4v) is 3.60. The zero-order chi connectivity index (χ0) is 20.4. The number of nitrogens with one attached hydrogen (secondary N) is 1. The highest BCUT2D eigenvalue weighted by molar-refractivity contribution is 6.04. The van der Waals surface area contributed by atoms with Gasteiger partial charge in [-0.1, -0.05) is 60.7 Å². The zero-order valence-corrected chi connectivity index (χ0v) is 16.5. The van der Waals surface area contributed by atoms with Crippen LogP contribution in [-0.2, 0) is 6.54 Å². The summed E-state index contributed by atoms with van der Waals surface area (Å²) in [6, 6.07) is 23.0. The van der Waals surface area contributed by atoms with E-state index in [4.69, 9.17) is 0 Å². The van der Waals surface area contributed by atoms with E-state index >= 15 is 0 Å². The molecule has 4 rings (SSSR count). The Labute approximate surface area is 169 Å². The SMILES string of the molecule is Cc1cccc(C)c1NC(=O)c1ccc(=O)n(Cc2cccc3ccccc23)c1. The van der Waals surface area contributed by atoms with Crippen LogP contribution >= 0.6 is 0 Å². The lowest BCUT2D eigenvalue weighted by atomic mass is 10.0. The highest BCUT2D eigenvalue weighted by Crippen LogP contribution is 2.21. The number of carbonyl (C=O) groups excluding carboxylic acids is 1. The second kappa shape index (κ2) is 7.76. The van der Waals surface area contributed by atoms with Crippen molar-refractivity contribution in [1.29, 1.82) is 0 Å². The van der Waals surface area contributed by atoms with Gasteiger partial charge in [-0.25, -0.2) is 0 Å². The van der Waals surface area contributed by atoms with E-state index < -0.39 is 0 Å². The molecule has 1 aromatic heterocycles. The Kier molecular flexibility index (Phi) is 5.00. The highest BCUT2D eigenvalue weighted by atomic mass is 16.2. The first-order chi connectivity index (χ1) is 14.0. The van der Waals surface area contributed by atoms with Crippen LogP contribution in [0.4, 0.5) is 5.69 Å². The van der Waals surface area contributed by atoms with Crippen LogP contribution in [0.25, 0.3) is 10.8 Å². The minimum Gasteiger partial charge on any atom is -0.321 e. The highest BCUT2D eigenvalue weighted by Gasteiger charge is 2.12. The van der Waals surface area contributed by atoms with E-state index in [1.807, 2.05) is 62.4 Å². The van der Waals surface area contributed by atoms with Crippen LogP contribution < -0.4 is 10.9 Å². The van der Waals surface area contributed by atoms with E-state index in [-0.39, 0.29) is 11.5 Å². The first-order valence-electron chi connectivity index (χ1n) is 9.57. The molecule has 144 valence electrons. The topological polar surface area (TPSA) is 51.1 Å². The van der Waals surface area contributed by atoms with Gasteiger partial charge in [0.2, 0.25) is 0 Å². The van der Waals surface area contributed by atoms with Crippen LogP contribution in [0.5, 0.6) is 0 Å². The second-order valence-electron chi connectivity index (χ2n) is 7.24. The number of para-hydroxylation sites is 1. The molecule has 0 atom stereocenters. The molecule has 0 fully saturated rings. The summed E-state index contributed by atoms with van der Waals surface area (Å²) in [6.07, 6.45) is 1.63. The van der Waals surface area contributed by atoms with Crippen molar-refractivity contribution < 1.29 is 4.79 Å². The first kappa shape index (κ1) is 18.7. The largest absolute Gasteiger partial charge is 0.321 e. The van der Waals surface area contributed by atoms with Crippen molar-refractivity contribution >= 4 is 22.4 Å². The van der Waals surface area contributed by atoms with Gasteiger partial charge in [0.1, 0.15) is 0 Å². The summed E-state index contributed by atoms with van der Waals surface area (Å²) in [5.41, 5.74) is 4.17. The number of carbonyl (C=O) groups is 1. The molecule has 1 amide bonds. The average molecular weight is 382 g/mol.